The minimum absolute atomic E-state index is 0.577. The smallest absolute Gasteiger partial charge is 0.150 e. The Morgan fingerprint density at radius 3 is 2.88 bits per heavy atom. The molecule has 122 valence electrons. The van der Waals surface area contributed by atoms with Crippen molar-refractivity contribution in [2.75, 3.05) is 5.32 Å². The van der Waals surface area contributed by atoms with E-state index in [1.165, 1.54) is 35.3 Å². The van der Waals surface area contributed by atoms with Crippen molar-refractivity contribution in [3.8, 4) is 5.75 Å². The molecule has 1 unspecified atom stereocenters. The molecule has 3 aliphatic rings. The van der Waals surface area contributed by atoms with E-state index in [1.54, 1.807) is 0 Å². The second kappa shape index (κ2) is 6.20. The van der Waals surface area contributed by atoms with Gasteiger partial charge in [-0.1, -0.05) is 43.0 Å². The van der Waals surface area contributed by atoms with E-state index in [-0.39, 0.29) is 0 Å². The highest BCUT2D eigenvalue weighted by Gasteiger charge is 2.36. The molecule has 1 atom stereocenters. The highest BCUT2D eigenvalue weighted by atomic mass is 16.5. The number of para-hydroxylation sites is 2. The van der Waals surface area contributed by atoms with E-state index >= 15 is 0 Å². The fourth-order valence-corrected chi connectivity index (χ4v) is 4.02. The van der Waals surface area contributed by atoms with Gasteiger partial charge in [-0.2, -0.15) is 0 Å². The molecule has 1 aromatic carbocycles. The van der Waals surface area contributed by atoms with Gasteiger partial charge >= 0.3 is 0 Å². The van der Waals surface area contributed by atoms with Gasteiger partial charge in [0.15, 0.2) is 5.75 Å². The van der Waals surface area contributed by atoms with Crippen LogP contribution in [0.1, 0.15) is 32.6 Å². The SMILES string of the molecule is C=C/C=C1\CCC2CCC(/C=C/C)=C3Oc4ccccc4NC1=C32. The monoisotopic (exact) mass is 317 g/mol. The van der Waals surface area contributed by atoms with E-state index in [9.17, 15) is 0 Å². The normalized spacial score (nSPS) is 24.2. The van der Waals surface area contributed by atoms with Crippen LogP contribution in [0.4, 0.5) is 5.69 Å². The summed E-state index contributed by atoms with van der Waals surface area (Å²) in [5, 5.41) is 3.67. The third-order valence-electron chi connectivity index (χ3n) is 5.10. The van der Waals surface area contributed by atoms with E-state index in [0.29, 0.717) is 5.92 Å². The number of hydrogen-bond donors (Lipinski definition) is 1. The lowest BCUT2D eigenvalue weighted by Gasteiger charge is -2.34. The Balaban J connectivity index is 1.98. The zero-order valence-corrected chi connectivity index (χ0v) is 14.1. The fourth-order valence-electron chi connectivity index (χ4n) is 4.02. The number of fused-ring (bicyclic) bond motifs is 1. The van der Waals surface area contributed by atoms with Gasteiger partial charge in [-0.25, -0.2) is 0 Å². The van der Waals surface area contributed by atoms with Crippen LogP contribution in [0, 0.1) is 5.92 Å². The minimum atomic E-state index is 0.577. The molecular formula is C22H23NO. The summed E-state index contributed by atoms with van der Waals surface area (Å²) in [6, 6.07) is 8.21. The van der Waals surface area contributed by atoms with Crippen LogP contribution in [0.5, 0.6) is 5.75 Å². The molecule has 1 heterocycles. The van der Waals surface area contributed by atoms with E-state index < -0.39 is 0 Å². The van der Waals surface area contributed by atoms with Crippen LogP contribution in [0.2, 0.25) is 0 Å². The van der Waals surface area contributed by atoms with Gasteiger partial charge in [0.1, 0.15) is 5.76 Å². The third kappa shape index (κ3) is 2.43. The molecule has 0 bridgehead atoms. The van der Waals surface area contributed by atoms with Crippen LogP contribution in [0.25, 0.3) is 0 Å². The maximum atomic E-state index is 6.44. The van der Waals surface area contributed by atoms with Crippen LogP contribution < -0.4 is 10.1 Å². The average molecular weight is 317 g/mol. The highest BCUT2D eigenvalue weighted by molar-refractivity contribution is 5.69. The number of anilines is 1. The lowest BCUT2D eigenvalue weighted by molar-refractivity contribution is 0.377. The van der Waals surface area contributed by atoms with Crippen molar-refractivity contribution in [2.24, 2.45) is 5.92 Å². The molecule has 0 aromatic heterocycles. The Bertz CT molecular complexity index is 807. The summed E-state index contributed by atoms with van der Waals surface area (Å²) in [6.45, 7) is 5.97. The van der Waals surface area contributed by atoms with Gasteiger partial charge in [0, 0.05) is 11.3 Å². The molecule has 1 N–H and O–H groups in total. The molecular weight excluding hydrogens is 294 g/mol. The van der Waals surface area contributed by atoms with Crippen LogP contribution in [0.15, 0.2) is 83.3 Å². The Morgan fingerprint density at radius 2 is 2.04 bits per heavy atom. The first-order chi connectivity index (χ1) is 11.8. The molecule has 0 amide bonds. The van der Waals surface area contributed by atoms with Crippen molar-refractivity contribution in [1.29, 1.82) is 0 Å². The molecule has 4 rings (SSSR count). The molecule has 0 spiro atoms. The average Bonchev–Trinajstić information content (AvgIpc) is 2.78. The number of nitrogens with one attached hydrogen (secondary N) is 1. The lowest BCUT2D eigenvalue weighted by atomic mass is 9.74. The maximum Gasteiger partial charge on any atom is 0.150 e. The van der Waals surface area contributed by atoms with E-state index in [4.69, 9.17) is 4.74 Å². The second-order valence-electron chi connectivity index (χ2n) is 6.57. The van der Waals surface area contributed by atoms with Crippen molar-refractivity contribution in [2.45, 2.75) is 32.6 Å². The number of benzene rings is 1. The summed E-state index contributed by atoms with van der Waals surface area (Å²) < 4.78 is 6.44. The van der Waals surface area contributed by atoms with Crippen LogP contribution in [-0.4, -0.2) is 0 Å². The van der Waals surface area contributed by atoms with Crippen molar-refractivity contribution < 1.29 is 4.74 Å². The predicted octanol–water partition coefficient (Wildman–Crippen LogP) is 5.89. The predicted molar refractivity (Wildman–Crippen MR) is 99.8 cm³/mol. The first-order valence-electron chi connectivity index (χ1n) is 8.78. The van der Waals surface area contributed by atoms with Gasteiger partial charge < -0.3 is 10.1 Å². The number of ether oxygens (including phenoxy) is 1. The van der Waals surface area contributed by atoms with Crippen molar-refractivity contribution in [3.05, 3.63) is 83.3 Å². The molecule has 1 aliphatic heterocycles. The summed E-state index contributed by atoms with van der Waals surface area (Å²) in [7, 11) is 0. The molecule has 24 heavy (non-hydrogen) atoms. The molecule has 0 fully saturated rings. The van der Waals surface area contributed by atoms with Crippen LogP contribution in [-0.2, 0) is 0 Å². The van der Waals surface area contributed by atoms with Crippen LogP contribution in [0.3, 0.4) is 0 Å². The molecule has 0 saturated carbocycles. The topological polar surface area (TPSA) is 21.3 Å². The van der Waals surface area contributed by atoms with Crippen molar-refractivity contribution in [3.63, 3.8) is 0 Å². The highest BCUT2D eigenvalue weighted by Crippen LogP contribution is 2.48. The first-order valence-corrected chi connectivity index (χ1v) is 8.78. The van der Waals surface area contributed by atoms with E-state index in [2.05, 4.69) is 43.1 Å². The first kappa shape index (κ1) is 15.1. The zero-order chi connectivity index (χ0) is 16.5. The maximum absolute atomic E-state index is 6.44. The summed E-state index contributed by atoms with van der Waals surface area (Å²) in [6.07, 6.45) is 12.9. The number of hydrogen-bond acceptors (Lipinski definition) is 2. The Labute approximate surface area is 143 Å². The van der Waals surface area contributed by atoms with E-state index in [0.717, 1.165) is 30.0 Å². The molecule has 2 aliphatic carbocycles. The minimum Gasteiger partial charge on any atom is -0.455 e. The Kier molecular flexibility index (Phi) is 3.89. The molecule has 2 nitrogen and oxygen atoms in total. The van der Waals surface area contributed by atoms with Gasteiger partial charge in [-0.3, -0.25) is 0 Å². The van der Waals surface area contributed by atoms with Gasteiger partial charge in [-0.15, -0.1) is 0 Å². The van der Waals surface area contributed by atoms with Gasteiger partial charge in [0.05, 0.1) is 5.69 Å². The summed E-state index contributed by atoms with van der Waals surface area (Å²) in [5.74, 6) is 2.54. The molecule has 0 radical (unpaired) electrons. The number of allylic oxidation sites excluding steroid dienone is 7. The molecule has 0 saturated heterocycles. The summed E-state index contributed by atoms with van der Waals surface area (Å²) in [4.78, 5) is 0. The fraction of sp³-hybridized carbons (Fsp3) is 0.273. The third-order valence-corrected chi connectivity index (χ3v) is 5.10. The Hall–Kier alpha value is -2.48. The van der Waals surface area contributed by atoms with Crippen LogP contribution >= 0.6 is 0 Å². The standard InChI is InChI=1S/C22H23NO/c1-3-7-16-13-11-15-12-14-17(8-4-2)22-20(15)21(16)23-18-9-5-6-10-19(18)24-22/h3-10,15,23H,1,11-14H2,2H3/b8-4+,16-7+. The lowest BCUT2D eigenvalue weighted by Crippen LogP contribution is -2.24. The van der Waals surface area contributed by atoms with Gasteiger partial charge in [0.25, 0.3) is 0 Å². The molecule has 1 aromatic rings. The second-order valence-corrected chi connectivity index (χ2v) is 6.57. The largest absolute Gasteiger partial charge is 0.455 e. The van der Waals surface area contributed by atoms with Gasteiger partial charge in [-0.05, 0) is 61.8 Å². The number of rotatable bonds is 2. The van der Waals surface area contributed by atoms with Crippen molar-refractivity contribution in [1.82, 2.24) is 0 Å². The zero-order valence-electron chi connectivity index (χ0n) is 14.1. The summed E-state index contributed by atoms with van der Waals surface area (Å²) >= 11 is 0. The quantitative estimate of drug-likeness (QED) is 0.734. The van der Waals surface area contributed by atoms with E-state index in [1.807, 2.05) is 24.3 Å². The Morgan fingerprint density at radius 1 is 1.21 bits per heavy atom. The summed E-state index contributed by atoms with van der Waals surface area (Å²) in [5.41, 5.74) is 6.26. The molecule has 2 heteroatoms. The van der Waals surface area contributed by atoms with Crippen molar-refractivity contribution >= 4 is 5.69 Å². The van der Waals surface area contributed by atoms with Gasteiger partial charge in [0.2, 0.25) is 0 Å².